The van der Waals surface area contributed by atoms with Crippen LogP contribution in [-0.4, -0.2) is 40.9 Å². The Morgan fingerprint density at radius 3 is 2.74 bits per heavy atom. The molecule has 3 aliphatic rings. The molecule has 4 rings (SSSR count). The van der Waals surface area contributed by atoms with Gasteiger partial charge >= 0.3 is 0 Å². The standard InChI is InChI=1S/C24H29BrN4O2/c1-16-4-11-20-23(26-12-2-3-13-30)28-22(25)15-29(20)21(14-16)17-5-7-18(8-6-17)24(31)27-19-9-10-19/h5-8,11,14-16,19,30H,2-4,9-10,12-13H2,1H3,(H,26,28)(H,27,31). The summed E-state index contributed by atoms with van der Waals surface area (Å²) in [5, 5.41) is 15.4. The molecule has 164 valence electrons. The van der Waals surface area contributed by atoms with Gasteiger partial charge in [-0.1, -0.05) is 31.2 Å². The third kappa shape index (κ3) is 5.46. The minimum Gasteiger partial charge on any atom is -0.396 e. The Morgan fingerprint density at radius 2 is 2.03 bits per heavy atom. The number of aliphatic imine (C=N–C) groups is 1. The normalized spacial score (nSPS) is 22.0. The lowest BCUT2D eigenvalue weighted by molar-refractivity contribution is 0.0951. The van der Waals surface area contributed by atoms with Gasteiger partial charge in [-0.25, -0.2) is 0 Å². The zero-order chi connectivity index (χ0) is 21.8. The van der Waals surface area contributed by atoms with Crippen LogP contribution in [0.4, 0.5) is 0 Å². The van der Waals surface area contributed by atoms with E-state index in [1.165, 1.54) is 0 Å². The molecule has 2 heterocycles. The van der Waals surface area contributed by atoms with Gasteiger partial charge in [-0.15, -0.1) is 0 Å². The van der Waals surface area contributed by atoms with Crippen LogP contribution in [0, 0.1) is 5.92 Å². The number of hydrogen-bond donors (Lipinski definition) is 3. The van der Waals surface area contributed by atoms with Crippen LogP contribution in [0.5, 0.6) is 0 Å². The van der Waals surface area contributed by atoms with Crippen LogP contribution in [0.1, 0.15) is 54.9 Å². The maximum atomic E-state index is 12.4. The van der Waals surface area contributed by atoms with Crippen molar-refractivity contribution in [3.63, 3.8) is 0 Å². The molecule has 1 unspecified atom stereocenters. The molecule has 0 aromatic heterocycles. The van der Waals surface area contributed by atoms with Gasteiger partial charge < -0.3 is 20.6 Å². The van der Waals surface area contributed by atoms with Crippen LogP contribution in [0.2, 0.25) is 0 Å². The highest BCUT2D eigenvalue weighted by Crippen LogP contribution is 2.34. The molecule has 0 radical (unpaired) electrons. The van der Waals surface area contributed by atoms with Crippen LogP contribution in [-0.2, 0) is 0 Å². The number of fused-ring (bicyclic) bond motifs is 1. The third-order valence-electron chi connectivity index (χ3n) is 5.56. The van der Waals surface area contributed by atoms with E-state index in [0.29, 0.717) is 24.1 Å². The summed E-state index contributed by atoms with van der Waals surface area (Å²) in [5.41, 5.74) is 3.85. The maximum absolute atomic E-state index is 12.4. The van der Waals surface area contributed by atoms with E-state index in [0.717, 1.165) is 59.5 Å². The Kier molecular flexibility index (Phi) is 6.92. The second-order valence-corrected chi connectivity index (χ2v) is 9.17. The predicted molar refractivity (Wildman–Crippen MR) is 127 cm³/mol. The second-order valence-electron chi connectivity index (χ2n) is 8.31. The number of amidine groups is 1. The molecule has 0 spiro atoms. The smallest absolute Gasteiger partial charge is 0.251 e. The first-order valence-electron chi connectivity index (χ1n) is 11.0. The average molecular weight is 485 g/mol. The lowest BCUT2D eigenvalue weighted by Gasteiger charge is -2.31. The molecule has 0 bridgehead atoms. The Morgan fingerprint density at radius 1 is 1.26 bits per heavy atom. The average Bonchev–Trinajstić information content (AvgIpc) is 3.59. The van der Waals surface area contributed by atoms with E-state index in [2.05, 4.69) is 50.5 Å². The van der Waals surface area contributed by atoms with Crippen molar-refractivity contribution < 1.29 is 9.90 Å². The molecule has 31 heavy (non-hydrogen) atoms. The Labute approximate surface area is 191 Å². The highest BCUT2D eigenvalue weighted by atomic mass is 79.9. The van der Waals surface area contributed by atoms with E-state index in [1.54, 1.807) is 0 Å². The number of benzene rings is 1. The van der Waals surface area contributed by atoms with E-state index in [9.17, 15) is 4.79 Å². The summed E-state index contributed by atoms with van der Waals surface area (Å²) in [5.74, 6) is 1.20. The van der Waals surface area contributed by atoms with Gasteiger partial charge in [-0.05, 0) is 71.6 Å². The van der Waals surface area contributed by atoms with E-state index in [-0.39, 0.29) is 12.5 Å². The van der Waals surface area contributed by atoms with E-state index in [4.69, 9.17) is 10.1 Å². The quantitative estimate of drug-likeness (QED) is 0.401. The van der Waals surface area contributed by atoms with Crippen molar-refractivity contribution in [1.29, 1.82) is 0 Å². The largest absolute Gasteiger partial charge is 0.396 e. The number of nitrogens with zero attached hydrogens (tertiary/aromatic N) is 2. The lowest BCUT2D eigenvalue weighted by atomic mass is 10.0. The predicted octanol–water partition coefficient (Wildman–Crippen LogP) is 4.11. The zero-order valence-corrected chi connectivity index (χ0v) is 19.4. The number of nitrogens with one attached hydrogen (secondary N) is 2. The Balaban J connectivity index is 1.60. The number of carbonyl (C=O) groups is 1. The number of halogens is 1. The number of carbonyl (C=O) groups excluding carboxylic acids is 1. The lowest BCUT2D eigenvalue weighted by Crippen LogP contribution is -2.36. The molecular formula is C24H29BrN4O2. The molecule has 6 nitrogen and oxygen atoms in total. The fourth-order valence-electron chi connectivity index (χ4n) is 3.68. The number of amides is 1. The van der Waals surface area contributed by atoms with Gasteiger partial charge in [-0.3, -0.25) is 9.79 Å². The van der Waals surface area contributed by atoms with Crippen molar-refractivity contribution in [3.05, 3.63) is 64.0 Å². The van der Waals surface area contributed by atoms with Crippen molar-refractivity contribution in [2.45, 2.75) is 45.1 Å². The number of aliphatic hydroxyl groups is 1. The fraction of sp³-hybridized carbons (Fsp3) is 0.417. The van der Waals surface area contributed by atoms with Gasteiger partial charge in [0.1, 0.15) is 10.4 Å². The maximum Gasteiger partial charge on any atom is 0.251 e. The molecule has 7 heteroatoms. The van der Waals surface area contributed by atoms with Gasteiger partial charge in [0.15, 0.2) is 0 Å². The molecule has 0 saturated heterocycles. The van der Waals surface area contributed by atoms with Crippen LogP contribution >= 0.6 is 15.9 Å². The fourth-order valence-corrected chi connectivity index (χ4v) is 4.07. The van der Waals surface area contributed by atoms with Crippen molar-refractivity contribution in [2.24, 2.45) is 10.9 Å². The second kappa shape index (κ2) is 9.83. The first kappa shape index (κ1) is 21.8. The monoisotopic (exact) mass is 484 g/mol. The van der Waals surface area contributed by atoms with E-state index < -0.39 is 0 Å². The van der Waals surface area contributed by atoms with Gasteiger partial charge in [0.05, 0.1) is 5.70 Å². The molecule has 2 aliphatic heterocycles. The molecular weight excluding hydrogens is 456 g/mol. The Bertz CT molecular complexity index is 945. The molecule has 1 saturated carbocycles. The number of rotatable bonds is 7. The van der Waals surface area contributed by atoms with Crippen LogP contribution in [0.15, 0.2) is 57.9 Å². The SMILES string of the molecule is CC1C=C(c2ccc(C(=O)NC3CC3)cc2)N2C=C(Br)NC(=NCCCCO)C2=CC1. The van der Waals surface area contributed by atoms with Crippen molar-refractivity contribution >= 4 is 33.4 Å². The molecule has 1 aromatic carbocycles. The molecule has 1 amide bonds. The minimum absolute atomic E-state index is 0.0000366. The van der Waals surface area contributed by atoms with Gasteiger partial charge in [0, 0.05) is 36.7 Å². The number of hydrogen-bond acceptors (Lipinski definition) is 4. The first-order valence-corrected chi connectivity index (χ1v) is 11.8. The van der Waals surface area contributed by atoms with Gasteiger partial charge in [-0.2, -0.15) is 0 Å². The van der Waals surface area contributed by atoms with Crippen molar-refractivity contribution in [3.8, 4) is 0 Å². The van der Waals surface area contributed by atoms with Crippen molar-refractivity contribution in [2.75, 3.05) is 13.2 Å². The van der Waals surface area contributed by atoms with Crippen LogP contribution < -0.4 is 10.6 Å². The Hall–Kier alpha value is -2.38. The molecule has 1 fully saturated rings. The number of allylic oxidation sites excluding steroid dienone is 2. The van der Waals surface area contributed by atoms with Crippen molar-refractivity contribution in [1.82, 2.24) is 15.5 Å². The number of unbranched alkanes of at least 4 members (excludes halogenated alkanes) is 1. The summed E-state index contributed by atoms with van der Waals surface area (Å²) in [6.45, 7) is 3.06. The minimum atomic E-state index is -0.0000366. The molecule has 1 atom stereocenters. The highest BCUT2D eigenvalue weighted by molar-refractivity contribution is 9.11. The highest BCUT2D eigenvalue weighted by Gasteiger charge is 2.27. The third-order valence-corrected chi connectivity index (χ3v) is 5.96. The van der Waals surface area contributed by atoms with E-state index in [1.807, 2.05) is 30.5 Å². The summed E-state index contributed by atoms with van der Waals surface area (Å²) in [7, 11) is 0. The molecule has 1 aromatic rings. The topological polar surface area (TPSA) is 77.0 Å². The summed E-state index contributed by atoms with van der Waals surface area (Å²) >= 11 is 3.59. The molecule has 1 aliphatic carbocycles. The number of aliphatic hydroxyl groups excluding tert-OH is 1. The van der Waals surface area contributed by atoms with Gasteiger partial charge in [0.2, 0.25) is 0 Å². The summed E-state index contributed by atoms with van der Waals surface area (Å²) < 4.78 is 0.839. The van der Waals surface area contributed by atoms with Crippen LogP contribution in [0.25, 0.3) is 5.70 Å². The summed E-state index contributed by atoms with van der Waals surface area (Å²) in [4.78, 5) is 19.3. The molecule has 3 N–H and O–H groups in total. The summed E-state index contributed by atoms with van der Waals surface area (Å²) in [6, 6.07) is 8.19. The summed E-state index contributed by atoms with van der Waals surface area (Å²) in [6.07, 6.45) is 11.2. The van der Waals surface area contributed by atoms with Gasteiger partial charge in [0.25, 0.3) is 5.91 Å². The zero-order valence-electron chi connectivity index (χ0n) is 17.8. The van der Waals surface area contributed by atoms with Crippen LogP contribution in [0.3, 0.4) is 0 Å². The van der Waals surface area contributed by atoms with E-state index >= 15 is 0 Å². The first-order chi connectivity index (χ1) is 15.0.